The molecule has 3 N–H and O–H groups in total. The number of benzene rings is 1. The van der Waals surface area contributed by atoms with Crippen molar-refractivity contribution in [3.8, 4) is 5.75 Å². The second-order valence-electron chi connectivity index (χ2n) is 5.18. The van der Waals surface area contributed by atoms with E-state index in [9.17, 15) is 9.90 Å². The topological polar surface area (TPSA) is 69.8 Å². The highest BCUT2D eigenvalue weighted by Gasteiger charge is 2.19. The van der Waals surface area contributed by atoms with E-state index in [0.717, 1.165) is 45.6 Å². The summed E-state index contributed by atoms with van der Waals surface area (Å²) < 4.78 is 0. The third-order valence-electron chi connectivity index (χ3n) is 3.67. The number of phenols is 1. The first-order chi connectivity index (χ1) is 9.70. The van der Waals surface area contributed by atoms with Gasteiger partial charge in [0.1, 0.15) is 5.75 Å². The highest BCUT2D eigenvalue weighted by molar-refractivity contribution is 5.94. The Morgan fingerprint density at radius 1 is 1.15 bits per heavy atom. The van der Waals surface area contributed by atoms with Crippen molar-refractivity contribution < 1.29 is 9.90 Å². The number of carbonyl (C=O) groups excluding carboxylic acids is 1. The maximum absolute atomic E-state index is 12.4. The molecule has 20 heavy (non-hydrogen) atoms. The van der Waals surface area contributed by atoms with Crippen LogP contribution < -0.4 is 5.73 Å². The average molecular weight is 277 g/mol. The molecule has 1 amide bonds. The Labute approximate surface area is 120 Å². The van der Waals surface area contributed by atoms with Crippen LogP contribution in [0, 0.1) is 0 Å². The molecular weight excluding hydrogens is 254 g/mol. The van der Waals surface area contributed by atoms with Crippen LogP contribution in [0.15, 0.2) is 24.3 Å². The number of nitrogens with two attached hydrogens (primary N) is 1. The lowest BCUT2D eigenvalue weighted by Gasteiger charge is -2.22. The molecule has 5 heteroatoms. The Morgan fingerprint density at radius 2 is 1.90 bits per heavy atom. The number of rotatable bonds is 4. The predicted octanol–water partition coefficient (Wildman–Crippen LogP) is 0.889. The molecule has 1 aromatic rings. The first-order valence-corrected chi connectivity index (χ1v) is 7.21. The van der Waals surface area contributed by atoms with Gasteiger partial charge in [-0.15, -0.1) is 0 Å². The summed E-state index contributed by atoms with van der Waals surface area (Å²) in [5, 5.41) is 9.27. The zero-order valence-corrected chi connectivity index (χ0v) is 11.8. The standard InChI is InChI=1S/C15H23N3O2/c16-7-1-8-17-9-2-10-18(12-11-17)15(20)13-3-5-14(19)6-4-13/h3-6,19H,1-2,7-12,16H2. The molecule has 1 heterocycles. The summed E-state index contributed by atoms with van der Waals surface area (Å²) in [6.07, 6.45) is 2.00. The first kappa shape index (κ1) is 14.8. The van der Waals surface area contributed by atoms with Gasteiger partial charge < -0.3 is 20.6 Å². The molecule has 0 unspecified atom stereocenters. The fourth-order valence-corrected chi connectivity index (χ4v) is 2.50. The van der Waals surface area contributed by atoms with Crippen LogP contribution in [0.3, 0.4) is 0 Å². The summed E-state index contributed by atoms with van der Waals surface area (Å²) in [5.41, 5.74) is 6.17. The van der Waals surface area contributed by atoms with Gasteiger partial charge in [0.25, 0.3) is 5.91 Å². The maximum Gasteiger partial charge on any atom is 0.253 e. The van der Waals surface area contributed by atoms with Crippen LogP contribution in [-0.2, 0) is 0 Å². The van der Waals surface area contributed by atoms with Gasteiger partial charge >= 0.3 is 0 Å². The summed E-state index contributed by atoms with van der Waals surface area (Å²) in [6, 6.07) is 6.46. The second kappa shape index (κ2) is 7.26. The van der Waals surface area contributed by atoms with E-state index in [-0.39, 0.29) is 11.7 Å². The van der Waals surface area contributed by atoms with Gasteiger partial charge in [-0.05, 0) is 56.7 Å². The number of carbonyl (C=O) groups is 1. The first-order valence-electron chi connectivity index (χ1n) is 7.21. The molecule has 0 radical (unpaired) electrons. The molecule has 1 aromatic carbocycles. The van der Waals surface area contributed by atoms with Crippen molar-refractivity contribution in [2.24, 2.45) is 5.73 Å². The minimum absolute atomic E-state index is 0.0469. The summed E-state index contributed by atoms with van der Waals surface area (Å²) in [4.78, 5) is 16.7. The van der Waals surface area contributed by atoms with Crippen LogP contribution >= 0.6 is 0 Å². The quantitative estimate of drug-likeness (QED) is 0.857. The molecule has 1 saturated heterocycles. The van der Waals surface area contributed by atoms with Crippen molar-refractivity contribution in [3.63, 3.8) is 0 Å². The van der Waals surface area contributed by atoms with Gasteiger partial charge in [-0.2, -0.15) is 0 Å². The van der Waals surface area contributed by atoms with E-state index < -0.39 is 0 Å². The Morgan fingerprint density at radius 3 is 2.60 bits per heavy atom. The van der Waals surface area contributed by atoms with Crippen LogP contribution in [0.25, 0.3) is 0 Å². The zero-order valence-electron chi connectivity index (χ0n) is 11.8. The monoisotopic (exact) mass is 277 g/mol. The molecule has 2 rings (SSSR count). The molecular formula is C15H23N3O2. The molecule has 1 aliphatic heterocycles. The summed E-state index contributed by atoms with van der Waals surface area (Å²) in [6.45, 7) is 5.21. The molecule has 1 aliphatic rings. The van der Waals surface area contributed by atoms with E-state index in [0.29, 0.717) is 12.1 Å². The minimum atomic E-state index is 0.0469. The lowest BCUT2D eigenvalue weighted by Crippen LogP contribution is -2.35. The van der Waals surface area contributed by atoms with Gasteiger partial charge in [0.2, 0.25) is 0 Å². The van der Waals surface area contributed by atoms with Gasteiger partial charge in [-0.25, -0.2) is 0 Å². The molecule has 0 atom stereocenters. The number of nitrogens with zero attached hydrogens (tertiary/aromatic N) is 2. The number of phenolic OH excluding ortho intramolecular Hbond substituents is 1. The molecule has 0 bridgehead atoms. The fraction of sp³-hybridized carbons (Fsp3) is 0.533. The van der Waals surface area contributed by atoms with Crippen molar-refractivity contribution >= 4 is 5.91 Å². The number of hydrogen-bond acceptors (Lipinski definition) is 4. The second-order valence-corrected chi connectivity index (χ2v) is 5.18. The van der Waals surface area contributed by atoms with E-state index in [1.807, 2.05) is 4.90 Å². The Kier molecular flexibility index (Phi) is 5.38. The third-order valence-corrected chi connectivity index (χ3v) is 3.67. The van der Waals surface area contributed by atoms with Crippen LogP contribution in [0.4, 0.5) is 0 Å². The number of hydrogen-bond donors (Lipinski definition) is 2. The van der Waals surface area contributed by atoms with Crippen LogP contribution in [0.1, 0.15) is 23.2 Å². The van der Waals surface area contributed by atoms with E-state index in [1.165, 1.54) is 0 Å². The van der Waals surface area contributed by atoms with Crippen molar-refractivity contribution in [1.82, 2.24) is 9.80 Å². The molecule has 0 aliphatic carbocycles. The molecule has 110 valence electrons. The van der Waals surface area contributed by atoms with Gasteiger partial charge in [-0.1, -0.05) is 0 Å². The Balaban J connectivity index is 1.92. The van der Waals surface area contributed by atoms with Crippen LogP contribution in [-0.4, -0.2) is 60.1 Å². The fourth-order valence-electron chi connectivity index (χ4n) is 2.50. The van der Waals surface area contributed by atoms with E-state index >= 15 is 0 Å². The predicted molar refractivity (Wildman–Crippen MR) is 78.7 cm³/mol. The van der Waals surface area contributed by atoms with Crippen molar-refractivity contribution in [2.45, 2.75) is 12.8 Å². The lowest BCUT2D eigenvalue weighted by molar-refractivity contribution is 0.0761. The van der Waals surface area contributed by atoms with Crippen LogP contribution in [0.2, 0.25) is 0 Å². The average Bonchev–Trinajstić information content (AvgIpc) is 2.70. The lowest BCUT2D eigenvalue weighted by atomic mass is 10.2. The highest BCUT2D eigenvalue weighted by atomic mass is 16.3. The highest BCUT2D eigenvalue weighted by Crippen LogP contribution is 2.13. The van der Waals surface area contributed by atoms with Gasteiger partial charge in [0.15, 0.2) is 0 Å². The van der Waals surface area contributed by atoms with Gasteiger partial charge in [-0.3, -0.25) is 4.79 Å². The van der Waals surface area contributed by atoms with Gasteiger partial charge in [0.05, 0.1) is 0 Å². The van der Waals surface area contributed by atoms with Crippen molar-refractivity contribution in [1.29, 1.82) is 0 Å². The Hall–Kier alpha value is -1.59. The minimum Gasteiger partial charge on any atom is -0.508 e. The zero-order chi connectivity index (χ0) is 14.4. The molecule has 0 spiro atoms. The van der Waals surface area contributed by atoms with E-state index in [2.05, 4.69) is 4.90 Å². The molecule has 0 aromatic heterocycles. The third kappa shape index (κ3) is 3.95. The van der Waals surface area contributed by atoms with E-state index in [4.69, 9.17) is 5.73 Å². The largest absolute Gasteiger partial charge is 0.508 e. The SMILES string of the molecule is NCCCN1CCCN(C(=O)c2ccc(O)cc2)CC1. The van der Waals surface area contributed by atoms with Crippen molar-refractivity contribution in [2.75, 3.05) is 39.3 Å². The van der Waals surface area contributed by atoms with Crippen molar-refractivity contribution in [3.05, 3.63) is 29.8 Å². The summed E-state index contributed by atoms with van der Waals surface area (Å²) >= 11 is 0. The van der Waals surface area contributed by atoms with Crippen LogP contribution in [0.5, 0.6) is 5.75 Å². The van der Waals surface area contributed by atoms with E-state index in [1.54, 1.807) is 24.3 Å². The Bertz CT molecular complexity index is 433. The van der Waals surface area contributed by atoms with Gasteiger partial charge in [0, 0.05) is 25.2 Å². The normalized spacial score (nSPS) is 16.9. The maximum atomic E-state index is 12.4. The molecule has 1 fully saturated rings. The molecule has 0 saturated carbocycles. The number of amides is 1. The number of aromatic hydroxyl groups is 1. The summed E-state index contributed by atoms with van der Waals surface area (Å²) in [7, 11) is 0. The smallest absolute Gasteiger partial charge is 0.253 e. The molecule has 5 nitrogen and oxygen atoms in total. The summed E-state index contributed by atoms with van der Waals surface area (Å²) in [5.74, 6) is 0.232.